The smallest absolute Gasteiger partial charge is 0.252 e. The van der Waals surface area contributed by atoms with Crippen molar-refractivity contribution in [1.29, 1.82) is 0 Å². The van der Waals surface area contributed by atoms with Gasteiger partial charge in [0.25, 0.3) is 5.91 Å². The Morgan fingerprint density at radius 2 is 1.65 bits per heavy atom. The van der Waals surface area contributed by atoms with Crippen LogP contribution in [0.1, 0.15) is 28.4 Å². The SMILES string of the molecule is CN(C)[C@@H](CNC(=O)CCNC(=O)c1ccccc1Cl)c1ccccc1. The highest BCUT2D eigenvalue weighted by molar-refractivity contribution is 6.33. The number of rotatable bonds is 8. The minimum Gasteiger partial charge on any atom is -0.354 e. The summed E-state index contributed by atoms with van der Waals surface area (Å²) in [7, 11) is 3.96. The normalized spacial score (nSPS) is 11.8. The summed E-state index contributed by atoms with van der Waals surface area (Å²) < 4.78 is 0. The van der Waals surface area contributed by atoms with Gasteiger partial charge in [-0.2, -0.15) is 0 Å². The highest BCUT2D eigenvalue weighted by Crippen LogP contribution is 2.17. The lowest BCUT2D eigenvalue weighted by Crippen LogP contribution is -2.36. The van der Waals surface area contributed by atoms with Crippen molar-refractivity contribution in [2.24, 2.45) is 0 Å². The molecule has 26 heavy (non-hydrogen) atoms. The van der Waals surface area contributed by atoms with Crippen molar-refractivity contribution >= 4 is 23.4 Å². The molecule has 6 heteroatoms. The first-order valence-electron chi connectivity index (χ1n) is 8.50. The van der Waals surface area contributed by atoms with E-state index in [9.17, 15) is 9.59 Å². The number of halogens is 1. The average Bonchev–Trinajstić information content (AvgIpc) is 2.62. The van der Waals surface area contributed by atoms with Gasteiger partial charge in [0, 0.05) is 19.5 Å². The highest BCUT2D eigenvalue weighted by Gasteiger charge is 2.15. The second-order valence-electron chi connectivity index (χ2n) is 6.18. The van der Waals surface area contributed by atoms with Gasteiger partial charge in [0.2, 0.25) is 5.91 Å². The fraction of sp³-hybridized carbons (Fsp3) is 0.300. The van der Waals surface area contributed by atoms with E-state index in [4.69, 9.17) is 11.6 Å². The number of hydrogen-bond acceptors (Lipinski definition) is 3. The molecule has 0 unspecified atom stereocenters. The van der Waals surface area contributed by atoms with E-state index in [1.165, 1.54) is 0 Å². The third kappa shape index (κ3) is 5.86. The molecular weight excluding hydrogens is 350 g/mol. The van der Waals surface area contributed by atoms with Crippen molar-refractivity contribution in [3.05, 3.63) is 70.7 Å². The van der Waals surface area contributed by atoms with Crippen LogP contribution in [0.2, 0.25) is 5.02 Å². The maximum Gasteiger partial charge on any atom is 0.252 e. The molecule has 0 saturated heterocycles. The zero-order valence-electron chi connectivity index (χ0n) is 15.0. The Hall–Kier alpha value is -2.37. The first kappa shape index (κ1) is 19.9. The van der Waals surface area contributed by atoms with Crippen molar-refractivity contribution in [3.63, 3.8) is 0 Å². The summed E-state index contributed by atoms with van der Waals surface area (Å²) in [5, 5.41) is 6.04. The van der Waals surface area contributed by atoms with Crippen molar-refractivity contribution in [2.45, 2.75) is 12.5 Å². The second-order valence-corrected chi connectivity index (χ2v) is 6.59. The van der Waals surface area contributed by atoms with Crippen molar-refractivity contribution in [1.82, 2.24) is 15.5 Å². The van der Waals surface area contributed by atoms with Gasteiger partial charge in [-0.15, -0.1) is 0 Å². The van der Waals surface area contributed by atoms with Crippen LogP contribution in [-0.4, -0.2) is 43.9 Å². The van der Waals surface area contributed by atoms with Crippen molar-refractivity contribution < 1.29 is 9.59 Å². The molecule has 5 nitrogen and oxygen atoms in total. The fourth-order valence-electron chi connectivity index (χ4n) is 2.60. The molecule has 0 saturated carbocycles. The van der Waals surface area contributed by atoms with E-state index in [1.54, 1.807) is 24.3 Å². The van der Waals surface area contributed by atoms with E-state index in [2.05, 4.69) is 15.5 Å². The monoisotopic (exact) mass is 373 g/mol. The number of benzene rings is 2. The van der Waals surface area contributed by atoms with Gasteiger partial charge >= 0.3 is 0 Å². The average molecular weight is 374 g/mol. The zero-order chi connectivity index (χ0) is 18.9. The maximum atomic E-state index is 12.1. The van der Waals surface area contributed by atoms with Crippen LogP contribution in [0.15, 0.2) is 54.6 Å². The van der Waals surface area contributed by atoms with Gasteiger partial charge in [0.05, 0.1) is 16.6 Å². The first-order valence-corrected chi connectivity index (χ1v) is 8.87. The molecule has 0 aromatic heterocycles. The van der Waals surface area contributed by atoms with Gasteiger partial charge in [0.15, 0.2) is 0 Å². The van der Waals surface area contributed by atoms with E-state index in [0.717, 1.165) is 5.56 Å². The summed E-state index contributed by atoms with van der Waals surface area (Å²) in [6.07, 6.45) is 0.213. The van der Waals surface area contributed by atoms with Crippen LogP contribution in [-0.2, 0) is 4.79 Å². The Kier molecular flexibility index (Phi) is 7.63. The Balaban J connectivity index is 1.78. The minimum absolute atomic E-state index is 0.0952. The van der Waals surface area contributed by atoms with Gasteiger partial charge in [-0.1, -0.05) is 54.1 Å². The topological polar surface area (TPSA) is 61.4 Å². The fourth-order valence-corrected chi connectivity index (χ4v) is 2.82. The third-order valence-corrected chi connectivity index (χ3v) is 4.39. The Morgan fingerprint density at radius 3 is 2.31 bits per heavy atom. The standard InChI is InChI=1S/C20H24ClN3O2/c1-24(2)18(15-8-4-3-5-9-15)14-23-19(25)12-13-22-20(26)16-10-6-7-11-17(16)21/h3-11,18H,12-14H2,1-2H3,(H,22,26)(H,23,25)/t18-/m0/s1. The van der Waals surface area contributed by atoms with E-state index in [1.807, 2.05) is 44.4 Å². The number of nitrogens with zero attached hydrogens (tertiary/aromatic N) is 1. The highest BCUT2D eigenvalue weighted by atomic mass is 35.5. The lowest BCUT2D eigenvalue weighted by Gasteiger charge is -2.25. The molecule has 2 aromatic rings. The van der Waals surface area contributed by atoms with E-state index < -0.39 is 0 Å². The summed E-state index contributed by atoms with van der Waals surface area (Å²) in [6, 6.07) is 16.9. The summed E-state index contributed by atoms with van der Waals surface area (Å²) in [5.74, 6) is -0.383. The molecule has 0 heterocycles. The number of carbonyl (C=O) groups excluding carboxylic acids is 2. The molecular formula is C20H24ClN3O2. The van der Waals surface area contributed by atoms with Gasteiger partial charge < -0.3 is 15.5 Å². The first-order chi connectivity index (χ1) is 12.5. The lowest BCUT2D eigenvalue weighted by molar-refractivity contribution is -0.121. The second kappa shape index (κ2) is 9.94. The summed E-state index contributed by atoms with van der Waals surface area (Å²) in [4.78, 5) is 26.2. The zero-order valence-corrected chi connectivity index (χ0v) is 15.8. The Bertz CT molecular complexity index is 735. The summed E-state index contributed by atoms with van der Waals surface area (Å²) >= 11 is 5.99. The molecule has 0 radical (unpaired) electrons. The summed E-state index contributed by atoms with van der Waals surface area (Å²) in [5.41, 5.74) is 1.55. The van der Waals surface area contributed by atoms with Gasteiger partial charge in [-0.3, -0.25) is 9.59 Å². The molecule has 0 fully saturated rings. The van der Waals surface area contributed by atoms with Crippen molar-refractivity contribution in [2.75, 3.05) is 27.2 Å². The molecule has 0 aliphatic carbocycles. The van der Waals surface area contributed by atoms with Gasteiger partial charge in [-0.05, 0) is 31.8 Å². The predicted molar refractivity (Wildman–Crippen MR) is 104 cm³/mol. The molecule has 2 amide bonds. The molecule has 0 spiro atoms. The van der Waals surface area contributed by atoms with Crippen LogP contribution in [0.25, 0.3) is 0 Å². The van der Waals surface area contributed by atoms with Gasteiger partial charge in [0.1, 0.15) is 0 Å². The van der Waals surface area contributed by atoms with E-state index in [-0.39, 0.29) is 30.8 Å². The molecule has 0 aliphatic rings. The molecule has 2 aromatic carbocycles. The largest absolute Gasteiger partial charge is 0.354 e. The van der Waals surface area contributed by atoms with Crippen LogP contribution < -0.4 is 10.6 Å². The lowest BCUT2D eigenvalue weighted by atomic mass is 10.1. The quantitative estimate of drug-likeness (QED) is 0.748. The number of nitrogens with one attached hydrogen (secondary N) is 2. The number of likely N-dealkylation sites (N-methyl/N-ethyl adjacent to an activating group) is 1. The third-order valence-electron chi connectivity index (χ3n) is 4.06. The molecule has 0 bridgehead atoms. The number of amides is 2. The van der Waals surface area contributed by atoms with Crippen LogP contribution in [0.5, 0.6) is 0 Å². The molecule has 138 valence electrons. The van der Waals surface area contributed by atoms with E-state index >= 15 is 0 Å². The molecule has 2 N–H and O–H groups in total. The van der Waals surface area contributed by atoms with Crippen LogP contribution in [0.4, 0.5) is 0 Å². The maximum absolute atomic E-state index is 12.1. The predicted octanol–water partition coefficient (Wildman–Crippen LogP) is 2.88. The molecule has 1 atom stereocenters. The van der Waals surface area contributed by atoms with Crippen LogP contribution >= 0.6 is 11.6 Å². The van der Waals surface area contributed by atoms with Crippen LogP contribution in [0.3, 0.4) is 0 Å². The Labute approximate surface area is 159 Å². The summed E-state index contributed by atoms with van der Waals surface area (Å²) in [6.45, 7) is 0.766. The van der Waals surface area contributed by atoms with Crippen molar-refractivity contribution in [3.8, 4) is 0 Å². The van der Waals surface area contributed by atoms with E-state index in [0.29, 0.717) is 17.1 Å². The Morgan fingerprint density at radius 1 is 1.00 bits per heavy atom. The number of hydrogen-bond donors (Lipinski definition) is 2. The van der Waals surface area contributed by atoms with Gasteiger partial charge in [-0.25, -0.2) is 0 Å². The molecule has 0 aliphatic heterocycles. The minimum atomic E-state index is -0.279. The molecule has 2 rings (SSSR count). The van der Waals surface area contributed by atoms with Crippen LogP contribution in [0, 0.1) is 0 Å². The number of carbonyl (C=O) groups is 2.